The van der Waals surface area contributed by atoms with Gasteiger partial charge in [-0.2, -0.15) is 0 Å². The molecule has 2 aromatic carbocycles. The SMILES string of the molecule is CN(CC(=O)NNC(=O)Cc1cccc2ccccc12)C(=O)c1ccc(Br)s1. The lowest BCUT2D eigenvalue weighted by atomic mass is 10.0. The van der Waals surface area contributed by atoms with E-state index in [1.54, 1.807) is 12.1 Å². The zero-order valence-electron chi connectivity index (χ0n) is 15.1. The number of amides is 3. The maximum absolute atomic E-state index is 12.2. The fourth-order valence-corrected chi connectivity index (χ4v) is 4.13. The van der Waals surface area contributed by atoms with Crippen molar-refractivity contribution >= 4 is 55.8 Å². The number of hydrogen-bond acceptors (Lipinski definition) is 4. The number of nitrogens with one attached hydrogen (secondary N) is 2. The Morgan fingerprint density at radius 2 is 1.68 bits per heavy atom. The lowest BCUT2D eigenvalue weighted by molar-refractivity contribution is -0.128. The van der Waals surface area contributed by atoms with E-state index in [-0.39, 0.29) is 24.8 Å². The molecule has 0 aliphatic rings. The molecule has 1 heterocycles. The summed E-state index contributed by atoms with van der Waals surface area (Å²) in [4.78, 5) is 38.3. The molecule has 144 valence electrons. The van der Waals surface area contributed by atoms with Crippen LogP contribution in [0.3, 0.4) is 0 Å². The summed E-state index contributed by atoms with van der Waals surface area (Å²) in [5.41, 5.74) is 5.63. The van der Waals surface area contributed by atoms with Gasteiger partial charge in [-0.3, -0.25) is 25.2 Å². The Labute approximate surface area is 174 Å². The van der Waals surface area contributed by atoms with Gasteiger partial charge in [0.1, 0.15) is 6.54 Å². The van der Waals surface area contributed by atoms with Gasteiger partial charge in [-0.05, 0) is 44.4 Å². The van der Waals surface area contributed by atoms with E-state index in [0.29, 0.717) is 4.88 Å². The summed E-state index contributed by atoms with van der Waals surface area (Å²) in [6.45, 7) is -0.164. The zero-order chi connectivity index (χ0) is 20.1. The first-order valence-electron chi connectivity index (χ1n) is 8.49. The summed E-state index contributed by atoms with van der Waals surface area (Å²) >= 11 is 4.60. The molecule has 0 spiro atoms. The van der Waals surface area contributed by atoms with E-state index in [1.807, 2.05) is 42.5 Å². The molecule has 3 aromatic rings. The first kappa shape index (κ1) is 20.0. The Morgan fingerprint density at radius 3 is 2.43 bits per heavy atom. The molecule has 3 amide bonds. The van der Waals surface area contributed by atoms with Crippen LogP contribution in [0.5, 0.6) is 0 Å². The lowest BCUT2D eigenvalue weighted by Crippen LogP contribution is -2.47. The number of nitrogens with zero attached hydrogens (tertiary/aromatic N) is 1. The maximum Gasteiger partial charge on any atom is 0.264 e. The smallest absolute Gasteiger partial charge is 0.264 e. The average Bonchev–Trinajstić information content (AvgIpc) is 3.12. The van der Waals surface area contributed by atoms with Crippen molar-refractivity contribution in [2.24, 2.45) is 0 Å². The fourth-order valence-electron chi connectivity index (χ4n) is 2.75. The number of hydrogen-bond donors (Lipinski definition) is 2. The second-order valence-electron chi connectivity index (χ2n) is 6.18. The van der Waals surface area contributed by atoms with Crippen molar-refractivity contribution in [1.29, 1.82) is 0 Å². The summed E-state index contributed by atoms with van der Waals surface area (Å²) < 4.78 is 0.842. The third kappa shape index (κ3) is 4.96. The van der Waals surface area contributed by atoms with Crippen LogP contribution >= 0.6 is 27.3 Å². The molecule has 0 radical (unpaired) electrons. The highest BCUT2D eigenvalue weighted by Gasteiger charge is 2.17. The molecular formula is C20H18BrN3O3S. The number of benzene rings is 2. The number of carbonyl (C=O) groups is 3. The molecule has 0 atom stereocenters. The van der Waals surface area contributed by atoms with E-state index in [1.165, 1.54) is 23.3 Å². The number of hydrazine groups is 1. The van der Waals surface area contributed by atoms with Crippen molar-refractivity contribution in [3.05, 3.63) is 68.8 Å². The standard InChI is InChI=1S/C20H18BrN3O3S/c1-24(20(27)16-9-10-17(21)28-16)12-19(26)23-22-18(25)11-14-7-4-6-13-5-2-3-8-15(13)14/h2-10H,11-12H2,1H3,(H,22,25)(H,23,26). The number of halogens is 1. The van der Waals surface area contributed by atoms with Crippen molar-refractivity contribution in [3.8, 4) is 0 Å². The van der Waals surface area contributed by atoms with Gasteiger partial charge in [-0.1, -0.05) is 42.5 Å². The molecule has 1 aromatic heterocycles. The average molecular weight is 460 g/mol. The fraction of sp³-hybridized carbons (Fsp3) is 0.150. The molecule has 0 fully saturated rings. The van der Waals surface area contributed by atoms with Crippen LogP contribution in [0.25, 0.3) is 10.8 Å². The van der Waals surface area contributed by atoms with Crippen LogP contribution < -0.4 is 10.9 Å². The molecule has 8 heteroatoms. The van der Waals surface area contributed by atoms with Crippen LogP contribution in [0.2, 0.25) is 0 Å². The van der Waals surface area contributed by atoms with Crippen molar-refractivity contribution in [1.82, 2.24) is 15.8 Å². The van der Waals surface area contributed by atoms with Crippen molar-refractivity contribution in [2.75, 3.05) is 13.6 Å². The molecule has 0 saturated heterocycles. The highest BCUT2D eigenvalue weighted by atomic mass is 79.9. The topological polar surface area (TPSA) is 78.5 Å². The number of thiophene rings is 1. The summed E-state index contributed by atoms with van der Waals surface area (Å²) in [5.74, 6) is -1.06. The zero-order valence-corrected chi connectivity index (χ0v) is 17.5. The van der Waals surface area contributed by atoms with E-state index >= 15 is 0 Å². The van der Waals surface area contributed by atoms with E-state index in [0.717, 1.165) is 20.1 Å². The molecule has 0 unspecified atom stereocenters. The minimum Gasteiger partial charge on any atom is -0.332 e. The Balaban J connectivity index is 1.51. The van der Waals surface area contributed by atoms with E-state index in [9.17, 15) is 14.4 Å². The van der Waals surface area contributed by atoms with Crippen LogP contribution in [-0.2, 0) is 16.0 Å². The quantitative estimate of drug-likeness (QED) is 0.575. The van der Waals surface area contributed by atoms with Crippen molar-refractivity contribution in [3.63, 3.8) is 0 Å². The Hall–Kier alpha value is -2.71. The lowest BCUT2D eigenvalue weighted by Gasteiger charge is -2.16. The number of carbonyl (C=O) groups excluding carboxylic acids is 3. The van der Waals surface area contributed by atoms with Gasteiger partial charge in [0.15, 0.2) is 0 Å². The second kappa shape index (κ2) is 8.99. The minimum absolute atomic E-state index is 0.139. The summed E-state index contributed by atoms with van der Waals surface area (Å²) in [5, 5.41) is 2.05. The Morgan fingerprint density at radius 1 is 0.964 bits per heavy atom. The molecule has 6 nitrogen and oxygen atoms in total. The van der Waals surface area contributed by atoms with Crippen LogP contribution in [0, 0.1) is 0 Å². The van der Waals surface area contributed by atoms with Crippen LogP contribution in [-0.4, -0.2) is 36.2 Å². The molecule has 28 heavy (non-hydrogen) atoms. The second-order valence-corrected chi connectivity index (χ2v) is 8.64. The molecular weight excluding hydrogens is 442 g/mol. The molecule has 0 bridgehead atoms. The van der Waals surface area contributed by atoms with E-state index < -0.39 is 5.91 Å². The molecule has 0 aliphatic heterocycles. The normalized spacial score (nSPS) is 10.5. The van der Waals surface area contributed by atoms with Crippen LogP contribution in [0.4, 0.5) is 0 Å². The summed E-state index contributed by atoms with van der Waals surface area (Å²) in [6.07, 6.45) is 0.139. The van der Waals surface area contributed by atoms with Gasteiger partial charge in [0.25, 0.3) is 11.8 Å². The summed E-state index contributed by atoms with van der Waals surface area (Å²) in [6, 6.07) is 17.0. The predicted octanol–water partition coefficient (Wildman–Crippen LogP) is 3.13. The monoisotopic (exact) mass is 459 g/mol. The highest BCUT2D eigenvalue weighted by Crippen LogP contribution is 2.23. The van der Waals surface area contributed by atoms with Gasteiger partial charge in [0.05, 0.1) is 15.1 Å². The summed E-state index contributed by atoms with van der Waals surface area (Å²) in [7, 11) is 1.54. The Kier molecular flexibility index (Phi) is 6.43. The number of rotatable bonds is 5. The van der Waals surface area contributed by atoms with Gasteiger partial charge in [0.2, 0.25) is 5.91 Å². The van der Waals surface area contributed by atoms with Crippen LogP contribution in [0.1, 0.15) is 15.2 Å². The number of likely N-dealkylation sites (N-methyl/N-ethyl adjacent to an activating group) is 1. The van der Waals surface area contributed by atoms with Crippen LogP contribution in [0.15, 0.2) is 58.4 Å². The van der Waals surface area contributed by atoms with Gasteiger partial charge in [-0.25, -0.2) is 0 Å². The molecule has 0 aliphatic carbocycles. The third-order valence-corrected chi connectivity index (χ3v) is 5.70. The van der Waals surface area contributed by atoms with Gasteiger partial charge in [0, 0.05) is 7.05 Å². The van der Waals surface area contributed by atoms with Crippen molar-refractivity contribution < 1.29 is 14.4 Å². The maximum atomic E-state index is 12.2. The third-order valence-electron chi connectivity index (χ3n) is 4.08. The predicted molar refractivity (Wildman–Crippen MR) is 113 cm³/mol. The van der Waals surface area contributed by atoms with Gasteiger partial charge >= 0.3 is 0 Å². The van der Waals surface area contributed by atoms with Gasteiger partial charge in [-0.15, -0.1) is 11.3 Å². The Bertz CT molecular complexity index is 1030. The molecule has 3 rings (SSSR count). The molecule has 2 N–H and O–H groups in total. The largest absolute Gasteiger partial charge is 0.332 e. The highest BCUT2D eigenvalue weighted by molar-refractivity contribution is 9.11. The first-order valence-corrected chi connectivity index (χ1v) is 10.1. The molecule has 0 saturated carbocycles. The minimum atomic E-state index is -0.474. The van der Waals surface area contributed by atoms with E-state index in [2.05, 4.69) is 26.8 Å². The number of fused-ring (bicyclic) bond motifs is 1. The van der Waals surface area contributed by atoms with E-state index in [4.69, 9.17) is 0 Å². The first-order chi connectivity index (χ1) is 13.4. The van der Waals surface area contributed by atoms with Crippen molar-refractivity contribution in [2.45, 2.75) is 6.42 Å². The van der Waals surface area contributed by atoms with Gasteiger partial charge < -0.3 is 4.90 Å².